The Morgan fingerprint density at radius 1 is 1.53 bits per heavy atom. The largest absolute Gasteiger partial charge is 0.480 e. The molecule has 1 aromatic heterocycles. The van der Waals surface area contributed by atoms with Crippen LogP contribution in [-0.4, -0.2) is 28.8 Å². The number of carbonyl (C=O) groups is 2. The smallest absolute Gasteiger partial charge is 0.408 e. The molecule has 1 heterocycles. The maximum atomic E-state index is 11.6. The lowest BCUT2D eigenvalue weighted by molar-refractivity contribution is -0.139. The molecule has 1 atom stereocenters. The van der Waals surface area contributed by atoms with E-state index in [2.05, 4.69) is 21.2 Å². The SMILES string of the molecule is CC(C)(C)OC(=O)NC(Cc1cc(Br)cs1)C(=O)O. The Kier molecular flexibility index (Phi) is 5.37. The molecular formula is C12H16BrNO4S. The van der Waals surface area contributed by atoms with Crippen molar-refractivity contribution in [2.75, 3.05) is 0 Å². The highest BCUT2D eigenvalue weighted by molar-refractivity contribution is 9.10. The number of rotatable bonds is 4. The third-order valence-corrected chi connectivity index (χ3v) is 3.74. The molecule has 0 bridgehead atoms. The number of nitrogens with one attached hydrogen (secondary N) is 1. The van der Waals surface area contributed by atoms with Gasteiger partial charge in [-0.2, -0.15) is 0 Å². The van der Waals surface area contributed by atoms with Crippen molar-refractivity contribution in [1.82, 2.24) is 5.32 Å². The van der Waals surface area contributed by atoms with Crippen LogP contribution in [0.1, 0.15) is 25.6 Å². The highest BCUT2D eigenvalue weighted by Crippen LogP contribution is 2.21. The van der Waals surface area contributed by atoms with Crippen LogP contribution in [0.15, 0.2) is 15.9 Å². The summed E-state index contributed by atoms with van der Waals surface area (Å²) in [7, 11) is 0. The van der Waals surface area contributed by atoms with E-state index in [-0.39, 0.29) is 6.42 Å². The van der Waals surface area contributed by atoms with Crippen molar-refractivity contribution >= 4 is 39.3 Å². The molecule has 0 aromatic carbocycles. The minimum absolute atomic E-state index is 0.227. The highest BCUT2D eigenvalue weighted by Gasteiger charge is 2.24. The predicted molar refractivity (Wildman–Crippen MR) is 76.5 cm³/mol. The number of carbonyl (C=O) groups excluding carboxylic acids is 1. The van der Waals surface area contributed by atoms with E-state index >= 15 is 0 Å². The molecule has 5 nitrogen and oxygen atoms in total. The number of carboxylic acids is 1. The number of halogens is 1. The molecule has 106 valence electrons. The second kappa shape index (κ2) is 6.38. The summed E-state index contributed by atoms with van der Waals surface area (Å²) >= 11 is 4.73. The van der Waals surface area contributed by atoms with Crippen molar-refractivity contribution in [1.29, 1.82) is 0 Å². The molecule has 0 fully saturated rings. The van der Waals surface area contributed by atoms with Gasteiger partial charge in [-0.1, -0.05) is 0 Å². The van der Waals surface area contributed by atoms with Crippen LogP contribution in [0.5, 0.6) is 0 Å². The van der Waals surface area contributed by atoms with E-state index in [1.165, 1.54) is 11.3 Å². The van der Waals surface area contributed by atoms with Gasteiger partial charge >= 0.3 is 12.1 Å². The molecule has 7 heteroatoms. The van der Waals surface area contributed by atoms with Gasteiger partial charge in [-0.3, -0.25) is 0 Å². The third kappa shape index (κ3) is 6.07. The normalized spacial score (nSPS) is 12.8. The molecule has 0 saturated heterocycles. The fourth-order valence-corrected chi connectivity index (χ4v) is 2.81. The molecule has 0 aliphatic carbocycles. The molecule has 0 saturated carbocycles. The van der Waals surface area contributed by atoms with Crippen LogP contribution in [-0.2, 0) is 16.0 Å². The van der Waals surface area contributed by atoms with Crippen molar-refractivity contribution in [2.24, 2.45) is 0 Å². The zero-order valence-corrected chi connectivity index (χ0v) is 13.3. The molecule has 19 heavy (non-hydrogen) atoms. The first-order valence-corrected chi connectivity index (χ1v) is 7.30. The molecule has 1 rings (SSSR count). The Balaban J connectivity index is 2.63. The molecule has 0 aliphatic heterocycles. The van der Waals surface area contributed by atoms with Gasteiger partial charge in [-0.25, -0.2) is 9.59 Å². The van der Waals surface area contributed by atoms with Gasteiger partial charge < -0.3 is 15.2 Å². The van der Waals surface area contributed by atoms with Crippen LogP contribution in [0.3, 0.4) is 0 Å². The minimum atomic E-state index is -1.09. The molecule has 0 aliphatic rings. The Bertz CT molecular complexity index is 467. The molecular weight excluding hydrogens is 334 g/mol. The van der Waals surface area contributed by atoms with Crippen molar-refractivity contribution in [3.8, 4) is 0 Å². The van der Waals surface area contributed by atoms with Gasteiger partial charge in [-0.15, -0.1) is 11.3 Å². The summed E-state index contributed by atoms with van der Waals surface area (Å²) in [6.07, 6.45) is -0.499. The lowest BCUT2D eigenvalue weighted by Gasteiger charge is -2.21. The molecule has 1 unspecified atom stereocenters. The van der Waals surface area contributed by atoms with Gasteiger partial charge in [0, 0.05) is 21.2 Å². The first-order chi connectivity index (χ1) is 8.67. The van der Waals surface area contributed by atoms with Gasteiger partial charge in [0.15, 0.2) is 0 Å². The van der Waals surface area contributed by atoms with Gasteiger partial charge in [0.1, 0.15) is 11.6 Å². The van der Waals surface area contributed by atoms with Crippen molar-refractivity contribution in [3.63, 3.8) is 0 Å². The molecule has 1 aromatic rings. The van der Waals surface area contributed by atoms with E-state index < -0.39 is 23.7 Å². The quantitative estimate of drug-likeness (QED) is 0.875. The number of alkyl carbamates (subject to hydrolysis) is 1. The van der Waals surface area contributed by atoms with Crippen LogP contribution in [0.25, 0.3) is 0 Å². The van der Waals surface area contributed by atoms with Crippen LogP contribution in [0.4, 0.5) is 4.79 Å². The molecule has 1 amide bonds. The first-order valence-electron chi connectivity index (χ1n) is 5.62. The van der Waals surface area contributed by atoms with E-state index in [0.29, 0.717) is 0 Å². The molecule has 0 radical (unpaired) electrons. The highest BCUT2D eigenvalue weighted by atomic mass is 79.9. The summed E-state index contributed by atoms with van der Waals surface area (Å²) in [4.78, 5) is 23.6. The summed E-state index contributed by atoms with van der Waals surface area (Å²) in [6, 6.07) is 0.831. The topological polar surface area (TPSA) is 75.6 Å². The van der Waals surface area contributed by atoms with E-state index in [9.17, 15) is 9.59 Å². The second-order valence-corrected chi connectivity index (χ2v) is 6.88. The van der Waals surface area contributed by atoms with E-state index in [0.717, 1.165) is 9.35 Å². The molecule has 2 N–H and O–H groups in total. The van der Waals surface area contributed by atoms with Crippen LogP contribution in [0.2, 0.25) is 0 Å². The lowest BCUT2D eigenvalue weighted by Crippen LogP contribution is -2.44. The maximum Gasteiger partial charge on any atom is 0.408 e. The van der Waals surface area contributed by atoms with Crippen molar-refractivity contribution in [2.45, 2.75) is 38.8 Å². The number of carboxylic acid groups (broad SMARTS) is 1. The maximum absolute atomic E-state index is 11.6. The zero-order chi connectivity index (χ0) is 14.6. The summed E-state index contributed by atoms with van der Waals surface area (Å²) < 4.78 is 5.94. The first kappa shape index (κ1) is 16.0. The average Bonchev–Trinajstić information content (AvgIpc) is 2.60. The van der Waals surface area contributed by atoms with E-state index in [1.807, 2.05) is 11.4 Å². The Morgan fingerprint density at radius 2 is 2.16 bits per heavy atom. The van der Waals surface area contributed by atoms with Gasteiger partial charge in [-0.05, 0) is 42.8 Å². The van der Waals surface area contributed by atoms with Gasteiger partial charge in [0.05, 0.1) is 0 Å². The minimum Gasteiger partial charge on any atom is -0.480 e. The number of hydrogen-bond donors (Lipinski definition) is 2. The van der Waals surface area contributed by atoms with Crippen LogP contribution in [0, 0.1) is 0 Å². The summed E-state index contributed by atoms with van der Waals surface area (Å²) in [5.41, 5.74) is -0.654. The van der Waals surface area contributed by atoms with Crippen molar-refractivity contribution in [3.05, 3.63) is 20.8 Å². The monoisotopic (exact) mass is 349 g/mol. The number of amides is 1. The van der Waals surface area contributed by atoms with E-state index in [1.54, 1.807) is 20.8 Å². The fourth-order valence-electron chi connectivity index (χ4n) is 1.31. The van der Waals surface area contributed by atoms with E-state index in [4.69, 9.17) is 9.84 Å². The molecule has 0 spiro atoms. The number of hydrogen-bond acceptors (Lipinski definition) is 4. The third-order valence-electron chi connectivity index (χ3n) is 2.02. The Hall–Kier alpha value is -1.08. The fraction of sp³-hybridized carbons (Fsp3) is 0.500. The van der Waals surface area contributed by atoms with Crippen LogP contribution < -0.4 is 5.32 Å². The lowest BCUT2D eigenvalue weighted by atomic mass is 10.2. The van der Waals surface area contributed by atoms with Gasteiger partial charge in [0.25, 0.3) is 0 Å². The zero-order valence-electron chi connectivity index (χ0n) is 10.9. The average molecular weight is 350 g/mol. The predicted octanol–water partition coefficient (Wildman–Crippen LogP) is 3.03. The second-order valence-electron chi connectivity index (χ2n) is 4.97. The Labute approximate surface area is 124 Å². The summed E-state index contributed by atoms with van der Waals surface area (Å²) in [5, 5.41) is 13.3. The summed E-state index contributed by atoms with van der Waals surface area (Å²) in [6.45, 7) is 5.16. The Morgan fingerprint density at radius 3 is 2.58 bits per heavy atom. The van der Waals surface area contributed by atoms with Crippen molar-refractivity contribution < 1.29 is 19.4 Å². The summed E-state index contributed by atoms with van der Waals surface area (Å²) in [5.74, 6) is -1.09. The standard InChI is InChI=1S/C12H16BrNO4S/c1-12(2,3)18-11(17)14-9(10(15)16)5-8-4-7(13)6-19-8/h4,6,9H,5H2,1-3H3,(H,14,17)(H,15,16). The number of aliphatic carboxylic acids is 1. The number of ether oxygens (including phenoxy) is 1. The van der Waals surface area contributed by atoms with Crippen LogP contribution >= 0.6 is 27.3 Å². The van der Waals surface area contributed by atoms with Gasteiger partial charge in [0.2, 0.25) is 0 Å². The number of thiophene rings is 1.